The average molecular weight is 186 g/mol. The summed E-state index contributed by atoms with van der Waals surface area (Å²) in [6, 6.07) is 0.524. The van der Waals surface area contributed by atoms with Crippen LogP contribution in [-0.2, 0) is 9.53 Å². The third-order valence-corrected chi connectivity index (χ3v) is 2.30. The van der Waals surface area contributed by atoms with E-state index in [-0.39, 0.29) is 5.91 Å². The molecule has 0 spiro atoms. The van der Waals surface area contributed by atoms with E-state index in [1.165, 1.54) is 0 Å². The van der Waals surface area contributed by atoms with Gasteiger partial charge >= 0.3 is 0 Å². The van der Waals surface area contributed by atoms with Gasteiger partial charge < -0.3 is 15.8 Å². The van der Waals surface area contributed by atoms with Crippen LogP contribution in [0.15, 0.2) is 0 Å². The monoisotopic (exact) mass is 186 g/mol. The normalized spacial score (nSPS) is 26.8. The summed E-state index contributed by atoms with van der Waals surface area (Å²) in [6.45, 7) is 3.49. The molecule has 3 N–H and O–H groups in total. The van der Waals surface area contributed by atoms with Crippen LogP contribution in [-0.4, -0.2) is 31.2 Å². The number of carbonyl (C=O) groups excluding carboxylic acids is 1. The van der Waals surface area contributed by atoms with Crippen molar-refractivity contribution in [2.75, 3.05) is 13.2 Å². The zero-order chi connectivity index (χ0) is 9.68. The van der Waals surface area contributed by atoms with Crippen LogP contribution in [0.2, 0.25) is 0 Å². The summed E-state index contributed by atoms with van der Waals surface area (Å²) in [5.74, 6) is -0.242. The highest BCUT2D eigenvalue weighted by Crippen LogP contribution is 2.22. The summed E-state index contributed by atoms with van der Waals surface area (Å²) in [7, 11) is 0. The van der Waals surface area contributed by atoms with Gasteiger partial charge in [0.05, 0.1) is 6.10 Å². The molecule has 1 rings (SSSR count). The molecule has 4 heteroatoms. The Hall–Kier alpha value is -0.610. The maximum atomic E-state index is 10.4. The fraction of sp³-hybridized carbons (Fsp3) is 0.889. The van der Waals surface area contributed by atoms with Crippen LogP contribution in [0.3, 0.4) is 0 Å². The van der Waals surface area contributed by atoms with Crippen molar-refractivity contribution in [2.45, 2.75) is 38.3 Å². The average Bonchev–Trinajstić information content (AvgIpc) is 1.99. The number of amides is 1. The highest BCUT2D eigenvalue weighted by Gasteiger charge is 2.28. The molecule has 0 saturated heterocycles. The summed E-state index contributed by atoms with van der Waals surface area (Å²) in [5, 5.41) is 3.26. The fourth-order valence-corrected chi connectivity index (χ4v) is 1.50. The minimum absolute atomic E-state index is 0.242. The molecule has 0 aromatic carbocycles. The Labute approximate surface area is 78.8 Å². The van der Waals surface area contributed by atoms with Gasteiger partial charge in [0.25, 0.3) is 0 Å². The summed E-state index contributed by atoms with van der Waals surface area (Å²) >= 11 is 0. The molecule has 0 aromatic heterocycles. The fourth-order valence-electron chi connectivity index (χ4n) is 1.50. The lowest BCUT2D eigenvalue weighted by Gasteiger charge is -2.35. The smallest absolute Gasteiger partial charge is 0.218 e. The molecule has 76 valence electrons. The van der Waals surface area contributed by atoms with E-state index < -0.39 is 0 Å². The number of hydrogen-bond donors (Lipinski definition) is 2. The largest absolute Gasteiger partial charge is 0.378 e. The van der Waals surface area contributed by atoms with Crippen LogP contribution in [0.5, 0.6) is 0 Å². The van der Waals surface area contributed by atoms with E-state index in [1.54, 1.807) is 0 Å². The van der Waals surface area contributed by atoms with Crippen molar-refractivity contribution in [1.29, 1.82) is 0 Å². The first-order valence-corrected chi connectivity index (χ1v) is 4.85. The minimum atomic E-state index is -0.242. The van der Waals surface area contributed by atoms with E-state index in [2.05, 4.69) is 5.32 Å². The lowest BCUT2D eigenvalue weighted by Crippen LogP contribution is -2.46. The topological polar surface area (TPSA) is 64.3 Å². The van der Waals surface area contributed by atoms with Crippen molar-refractivity contribution < 1.29 is 9.53 Å². The number of nitrogens with two attached hydrogens (primary N) is 1. The van der Waals surface area contributed by atoms with Crippen LogP contribution < -0.4 is 11.1 Å². The number of nitrogens with one attached hydrogen (secondary N) is 1. The Morgan fingerprint density at radius 2 is 2.31 bits per heavy atom. The number of ether oxygens (including phenoxy) is 1. The summed E-state index contributed by atoms with van der Waals surface area (Å²) < 4.78 is 5.40. The molecule has 1 saturated carbocycles. The SMILES string of the molecule is CCOC1CC(NCCC(N)=O)C1. The van der Waals surface area contributed by atoms with E-state index in [0.717, 1.165) is 19.4 Å². The van der Waals surface area contributed by atoms with E-state index in [1.807, 2.05) is 6.92 Å². The van der Waals surface area contributed by atoms with Crippen molar-refractivity contribution in [3.8, 4) is 0 Å². The summed E-state index contributed by atoms with van der Waals surface area (Å²) in [4.78, 5) is 10.4. The second-order valence-electron chi connectivity index (χ2n) is 3.42. The number of rotatable bonds is 6. The molecule has 0 atom stereocenters. The van der Waals surface area contributed by atoms with Gasteiger partial charge in [-0.3, -0.25) is 4.79 Å². The lowest BCUT2D eigenvalue weighted by atomic mass is 9.89. The molecule has 0 heterocycles. The lowest BCUT2D eigenvalue weighted by molar-refractivity contribution is -0.118. The van der Waals surface area contributed by atoms with Gasteiger partial charge in [-0.15, -0.1) is 0 Å². The van der Waals surface area contributed by atoms with Gasteiger partial charge in [-0.2, -0.15) is 0 Å². The Bertz CT molecular complexity index is 167. The molecule has 1 aliphatic rings. The Morgan fingerprint density at radius 1 is 1.62 bits per heavy atom. The summed E-state index contributed by atoms with van der Waals surface area (Å²) in [5.41, 5.74) is 5.01. The van der Waals surface area contributed by atoms with Crippen LogP contribution in [0, 0.1) is 0 Å². The van der Waals surface area contributed by atoms with Gasteiger partial charge in [-0.1, -0.05) is 0 Å². The van der Waals surface area contributed by atoms with Crippen molar-refractivity contribution in [1.82, 2.24) is 5.32 Å². The van der Waals surface area contributed by atoms with E-state index in [9.17, 15) is 4.79 Å². The maximum absolute atomic E-state index is 10.4. The molecular formula is C9H18N2O2. The van der Waals surface area contributed by atoms with Gasteiger partial charge in [0.15, 0.2) is 0 Å². The van der Waals surface area contributed by atoms with Gasteiger partial charge in [0.1, 0.15) is 0 Å². The molecule has 0 radical (unpaired) electrons. The third kappa shape index (κ3) is 3.74. The van der Waals surface area contributed by atoms with E-state index in [0.29, 0.717) is 25.1 Å². The second-order valence-corrected chi connectivity index (χ2v) is 3.42. The van der Waals surface area contributed by atoms with Crippen LogP contribution in [0.25, 0.3) is 0 Å². The zero-order valence-electron chi connectivity index (χ0n) is 8.08. The molecule has 1 fully saturated rings. The standard InChI is InChI=1S/C9H18N2O2/c1-2-13-8-5-7(6-8)11-4-3-9(10)12/h7-8,11H,2-6H2,1H3,(H2,10,12). The number of primary amides is 1. The molecule has 1 aliphatic carbocycles. The molecule has 0 bridgehead atoms. The van der Waals surface area contributed by atoms with Gasteiger partial charge in [-0.25, -0.2) is 0 Å². The van der Waals surface area contributed by atoms with Crippen molar-refractivity contribution in [2.24, 2.45) is 5.73 Å². The third-order valence-electron chi connectivity index (χ3n) is 2.30. The van der Waals surface area contributed by atoms with Gasteiger partial charge in [0, 0.05) is 25.6 Å². The molecule has 0 unspecified atom stereocenters. The highest BCUT2D eigenvalue weighted by molar-refractivity contribution is 5.73. The first kappa shape index (κ1) is 10.5. The van der Waals surface area contributed by atoms with Crippen LogP contribution >= 0.6 is 0 Å². The predicted molar refractivity (Wildman–Crippen MR) is 50.3 cm³/mol. The van der Waals surface area contributed by atoms with Crippen molar-refractivity contribution >= 4 is 5.91 Å². The zero-order valence-corrected chi connectivity index (χ0v) is 8.08. The van der Waals surface area contributed by atoms with E-state index in [4.69, 9.17) is 10.5 Å². The molecule has 13 heavy (non-hydrogen) atoms. The first-order valence-electron chi connectivity index (χ1n) is 4.85. The number of carbonyl (C=O) groups is 1. The highest BCUT2D eigenvalue weighted by atomic mass is 16.5. The Kier molecular flexibility index (Phi) is 4.18. The van der Waals surface area contributed by atoms with Crippen LogP contribution in [0.1, 0.15) is 26.2 Å². The molecule has 0 aliphatic heterocycles. The minimum Gasteiger partial charge on any atom is -0.378 e. The number of hydrogen-bond acceptors (Lipinski definition) is 3. The first-order chi connectivity index (χ1) is 6.22. The van der Waals surface area contributed by atoms with Crippen molar-refractivity contribution in [3.63, 3.8) is 0 Å². The second kappa shape index (κ2) is 5.19. The summed E-state index contributed by atoms with van der Waals surface area (Å²) in [6.07, 6.45) is 2.98. The predicted octanol–water partition coefficient (Wildman–Crippen LogP) is 0.0189. The quantitative estimate of drug-likeness (QED) is 0.614. The maximum Gasteiger partial charge on any atom is 0.218 e. The van der Waals surface area contributed by atoms with Crippen molar-refractivity contribution in [3.05, 3.63) is 0 Å². The van der Waals surface area contributed by atoms with E-state index >= 15 is 0 Å². The van der Waals surface area contributed by atoms with Gasteiger partial charge in [0.2, 0.25) is 5.91 Å². The Morgan fingerprint density at radius 3 is 2.85 bits per heavy atom. The molecule has 1 amide bonds. The van der Waals surface area contributed by atoms with Crippen LogP contribution in [0.4, 0.5) is 0 Å². The molecular weight excluding hydrogens is 168 g/mol. The molecule has 4 nitrogen and oxygen atoms in total. The van der Waals surface area contributed by atoms with Gasteiger partial charge in [-0.05, 0) is 19.8 Å². The molecule has 0 aromatic rings. The Balaban J connectivity index is 1.93.